The van der Waals surface area contributed by atoms with E-state index >= 15 is 0 Å². The average Bonchev–Trinajstić information content (AvgIpc) is 3.58. The van der Waals surface area contributed by atoms with Crippen LogP contribution in [0.4, 0.5) is 10.6 Å². The molecule has 4 aromatic rings. The summed E-state index contributed by atoms with van der Waals surface area (Å²) in [5.74, 6) is 1.94. The van der Waals surface area contributed by atoms with Gasteiger partial charge in [0.15, 0.2) is 5.82 Å². The summed E-state index contributed by atoms with van der Waals surface area (Å²) in [4.78, 5) is 12.5. The molecule has 0 aliphatic heterocycles. The van der Waals surface area contributed by atoms with E-state index in [4.69, 9.17) is 16.3 Å². The van der Waals surface area contributed by atoms with Crippen LogP contribution in [0, 0.1) is 5.92 Å². The minimum Gasteiger partial charge on any atom is -0.441 e. The second kappa shape index (κ2) is 10.7. The Balaban J connectivity index is 0.00000274. The Kier molecular flexibility index (Phi) is 7.63. The fourth-order valence-corrected chi connectivity index (χ4v) is 4.01. The maximum Gasteiger partial charge on any atom is 1.00 e. The Bertz CT molecular complexity index is 1270. The molecule has 1 amide bonds. The van der Waals surface area contributed by atoms with E-state index in [1.54, 1.807) is 17.7 Å². The molecule has 0 radical (unpaired) electrons. The summed E-state index contributed by atoms with van der Waals surface area (Å²) in [6.07, 6.45) is 2.79. The number of aromatic nitrogens is 3. The number of amides is 1. The maximum atomic E-state index is 12.5. The van der Waals surface area contributed by atoms with E-state index in [2.05, 4.69) is 39.9 Å². The maximum absolute atomic E-state index is 12.5. The molecular formula is C26H22ClN4NaO2. The van der Waals surface area contributed by atoms with Crippen molar-refractivity contribution in [1.29, 1.82) is 0 Å². The third-order valence-corrected chi connectivity index (χ3v) is 5.99. The molecule has 1 aliphatic rings. The number of carbonyl (C=O) groups excluding carboxylic acids is 1. The second-order valence-electron chi connectivity index (χ2n) is 7.95. The van der Waals surface area contributed by atoms with Gasteiger partial charge in [-0.1, -0.05) is 60.0 Å². The molecule has 0 spiro atoms. The number of hydrogen-bond acceptors (Lipinski definition) is 4. The molecule has 5 rings (SSSR count). The number of carbonyl (C=O) groups is 1. The predicted molar refractivity (Wildman–Crippen MR) is 128 cm³/mol. The molecule has 0 bridgehead atoms. The molecule has 1 N–H and O–H groups in total. The molecule has 1 fully saturated rings. The van der Waals surface area contributed by atoms with Crippen molar-refractivity contribution in [3.05, 3.63) is 101 Å². The summed E-state index contributed by atoms with van der Waals surface area (Å²) in [7, 11) is 0. The van der Waals surface area contributed by atoms with E-state index in [9.17, 15) is 4.79 Å². The number of nitrogens with zero attached hydrogens (tertiary/aromatic N) is 3. The van der Waals surface area contributed by atoms with Gasteiger partial charge in [-0.2, -0.15) is 28.3 Å². The van der Waals surface area contributed by atoms with Gasteiger partial charge in [0.05, 0.1) is 11.9 Å². The Labute approximate surface area is 225 Å². The first-order chi connectivity index (χ1) is 16.1. The number of rotatable bonds is 6. The van der Waals surface area contributed by atoms with Crippen LogP contribution in [0.3, 0.4) is 0 Å². The predicted octanol–water partition coefficient (Wildman–Crippen LogP) is 3.62. The summed E-state index contributed by atoms with van der Waals surface area (Å²) in [6.45, 7) is 1.77. The molecule has 1 aliphatic carbocycles. The van der Waals surface area contributed by atoms with Crippen LogP contribution in [0.2, 0.25) is 5.02 Å². The monoisotopic (exact) mass is 480 g/mol. The molecule has 3 aromatic carbocycles. The molecule has 1 aromatic heterocycles. The molecular weight excluding hydrogens is 459 g/mol. The van der Waals surface area contributed by atoms with Crippen molar-refractivity contribution < 1.29 is 39.1 Å². The smallest absolute Gasteiger partial charge is 0.441 e. The van der Waals surface area contributed by atoms with Crippen molar-refractivity contribution in [3.8, 4) is 16.8 Å². The largest absolute Gasteiger partial charge is 1.00 e. The van der Waals surface area contributed by atoms with Crippen molar-refractivity contribution in [1.82, 2.24) is 15.0 Å². The van der Waals surface area contributed by atoms with E-state index in [0.29, 0.717) is 10.8 Å². The Morgan fingerprint density at radius 2 is 1.68 bits per heavy atom. The summed E-state index contributed by atoms with van der Waals surface area (Å²) in [6, 6.07) is 23.9. The number of hydrogen-bond donors (Lipinski definition) is 1. The molecule has 34 heavy (non-hydrogen) atoms. The molecule has 1 heterocycles. The van der Waals surface area contributed by atoms with Gasteiger partial charge in [-0.25, -0.2) is 4.79 Å². The van der Waals surface area contributed by atoms with Crippen LogP contribution in [0.15, 0.2) is 79.0 Å². The van der Waals surface area contributed by atoms with Gasteiger partial charge in [0.25, 0.3) is 0 Å². The molecule has 6 nitrogen and oxygen atoms in total. The van der Waals surface area contributed by atoms with Crippen LogP contribution >= 0.6 is 11.6 Å². The van der Waals surface area contributed by atoms with Crippen LogP contribution in [0.5, 0.6) is 0 Å². The summed E-state index contributed by atoms with van der Waals surface area (Å²) in [5, 5.41) is 11.3. The molecule has 0 saturated heterocycles. The Hall–Kier alpha value is -2.77. The third kappa shape index (κ3) is 5.47. The van der Waals surface area contributed by atoms with Crippen molar-refractivity contribution >= 4 is 23.5 Å². The SMILES string of the molecule is C[C@@H](OC(=O)Nc1cnnn1-c1ccc(-c2ccc([C-]3CC3)cc2)cc1)c1ccccc1Cl.[Na+]. The number of nitrogens with one attached hydrogen (secondary N) is 1. The van der Waals surface area contributed by atoms with Crippen LogP contribution in [0.25, 0.3) is 16.8 Å². The topological polar surface area (TPSA) is 69.0 Å². The normalized spacial score (nSPS) is 13.1. The van der Waals surface area contributed by atoms with Crippen molar-refractivity contribution in [2.45, 2.75) is 25.9 Å². The average molecular weight is 481 g/mol. The van der Waals surface area contributed by atoms with E-state index in [1.807, 2.05) is 42.5 Å². The third-order valence-electron chi connectivity index (χ3n) is 5.64. The summed E-state index contributed by atoms with van der Waals surface area (Å²) < 4.78 is 7.04. The number of benzene rings is 3. The molecule has 0 unspecified atom stereocenters. The van der Waals surface area contributed by atoms with Crippen molar-refractivity contribution in [2.24, 2.45) is 0 Å². The number of halogens is 1. The Morgan fingerprint density at radius 3 is 2.32 bits per heavy atom. The zero-order chi connectivity index (χ0) is 22.8. The van der Waals surface area contributed by atoms with Gasteiger partial charge in [0.2, 0.25) is 0 Å². The number of ether oxygens (including phenoxy) is 1. The first-order valence-electron chi connectivity index (χ1n) is 10.8. The zero-order valence-corrected chi connectivity index (χ0v) is 21.8. The van der Waals surface area contributed by atoms with E-state index in [1.165, 1.54) is 30.5 Å². The van der Waals surface area contributed by atoms with E-state index < -0.39 is 12.2 Å². The molecule has 8 heteroatoms. The van der Waals surface area contributed by atoms with Gasteiger partial charge in [0.1, 0.15) is 6.10 Å². The first-order valence-corrected chi connectivity index (χ1v) is 11.1. The molecule has 1 saturated carbocycles. The van der Waals surface area contributed by atoms with Gasteiger partial charge in [-0.15, -0.1) is 17.2 Å². The summed E-state index contributed by atoms with van der Waals surface area (Å²) in [5.41, 5.74) is 5.11. The van der Waals surface area contributed by atoms with Crippen molar-refractivity contribution in [2.75, 3.05) is 5.32 Å². The van der Waals surface area contributed by atoms with Gasteiger partial charge >= 0.3 is 35.7 Å². The standard InChI is InChI=1S/C26H22ClN4O2.Na/c1-17(23-4-2-3-5-24(23)27)33-26(32)29-25-16-28-30-31(25)22-14-12-21(13-15-22)20-10-8-19(9-11-20)18-6-7-18;/h2-5,8-17H,6-7H2,1H3,(H,29,32);/q-1;+1/t17-;/m1./s1. The van der Waals surface area contributed by atoms with Crippen molar-refractivity contribution in [3.63, 3.8) is 0 Å². The van der Waals surface area contributed by atoms with Crippen LogP contribution in [-0.2, 0) is 4.74 Å². The number of anilines is 1. The van der Waals surface area contributed by atoms with E-state index in [0.717, 1.165) is 22.4 Å². The van der Waals surface area contributed by atoms with Crippen LogP contribution in [-0.4, -0.2) is 21.1 Å². The van der Waals surface area contributed by atoms with Gasteiger partial charge in [-0.05, 0) is 36.2 Å². The Morgan fingerprint density at radius 1 is 1.03 bits per heavy atom. The van der Waals surface area contributed by atoms with Gasteiger partial charge < -0.3 is 4.74 Å². The van der Waals surface area contributed by atoms with Gasteiger partial charge in [0, 0.05) is 10.6 Å². The first kappa shape index (κ1) is 24.4. The zero-order valence-electron chi connectivity index (χ0n) is 19.0. The summed E-state index contributed by atoms with van der Waals surface area (Å²) >= 11 is 6.19. The van der Waals surface area contributed by atoms with Crippen LogP contribution < -0.4 is 34.9 Å². The molecule has 1 atom stereocenters. The minimum absolute atomic E-state index is 0. The fraction of sp³-hybridized carbons (Fsp3) is 0.154. The fourth-order valence-electron chi connectivity index (χ4n) is 3.72. The van der Waals surface area contributed by atoms with Gasteiger partial charge in [-0.3, -0.25) is 5.32 Å². The minimum atomic E-state index is -0.615. The quantitative estimate of drug-likeness (QED) is 0.338. The molecule has 166 valence electrons. The van der Waals surface area contributed by atoms with Crippen LogP contribution in [0.1, 0.15) is 37.0 Å². The van der Waals surface area contributed by atoms with E-state index in [-0.39, 0.29) is 29.6 Å². The second-order valence-corrected chi connectivity index (χ2v) is 8.36.